The van der Waals surface area contributed by atoms with E-state index >= 15 is 0 Å². The quantitative estimate of drug-likeness (QED) is 0.286. The molecule has 0 aliphatic rings. The van der Waals surface area contributed by atoms with E-state index in [9.17, 15) is 14.0 Å². The molecule has 37 heavy (non-hydrogen) atoms. The standard InChI is InChI=1S/C29H27FN2O5/c1-19-26(32-29(37-19)21-7-3-2-4-8-21)15-16-36-23-13-11-20(12-14-27(33)34)22(17-23)18-31-28(35)24-9-5-6-10-25(24)30/h2-11,13,17H,12,14-16,18H2,1H3,(H,31,35)(H,33,34). The molecular formula is C29H27FN2O5. The predicted octanol–water partition coefficient (Wildman–Crippen LogP) is 5.36. The number of nitrogens with one attached hydrogen (secondary N) is 1. The third-order valence-corrected chi connectivity index (χ3v) is 5.86. The molecule has 0 atom stereocenters. The van der Waals surface area contributed by atoms with E-state index < -0.39 is 17.7 Å². The average molecular weight is 503 g/mol. The lowest BCUT2D eigenvalue weighted by Crippen LogP contribution is -2.24. The zero-order valence-corrected chi connectivity index (χ0v) is 20.4. The lowest BCUT2D eigenvalue weighted by atomic mass is 10.0. The summed E-state index contributed by atoms with van der Waals surface area (Å²) in [5, 5.41) is 11.8. The smallest absolute Gasteiger partial charge is 0.303 e. The van der Waals surface area contributed by atoms with Gasteiger partial charge in [-0.05, 0) is 60.9 Å². The molecule has 1 amide bonds. The van der Waals surface area contributed by atoms with Crippen molar-refractivity contribution in [2.24, 2.45) is 0 Å². The van der Waals surface area contributed by atoms with Crippen LogP contribution in [0.1, 0.15) is 39.4 Å². The zero-order chi connectivity index (χ0) is 26.2. The van der Waals surface area contributed by atoms with Crippen molar-refractivity contribution in [3.63, 3.8) is 0 Å². The van der Waals surface area contributed by atoms with Gasteiger partial charge in [0, 0.05) is 24.9 Å². The Balaban J connectivity index is 1.42. The molecule has 190 valence electrons. The average Bonchev–Trinajstić information content (AvgIpc) is 3.27. The second-order valence-electron chi connectivity index (χ2n) is 8.47. The highest BCUT2D eigenvalue weighted by Crippen LogP contribution is 2.23. The molecule has 0 saturated heterocycles. The second kappa shape index (κ2) is 12.0. The van der Waals surface area contributed by atoms with Crippen molar-refractivity contribution in [3.8, 4) is 17.2 Å². The number of amides is 1. The molecule has 7 nitrogen and oxygen atoms in total. The Labute approximate surface area is 213 Å². The topological polar surface area (TPSA) is 102 Å². The van der Waals surface area contributed by atoms with Gasteiger partial charge in [-0.25, -0.2) is 9.37 Å². The number of oxazole rings is 1. The summed E-state index contributed by atoms with van der Waals surface area (Å²) in [5.41, 5.74) is 3.11. The molecule has 0 aliphatic heterocycles. The Morgan fingerprint density at radius 2 is 1.76 bits per heavy atom. The molecule has 0 fully saturated rings. The first-order chi connectivity index (χ1) is 17.9. The summed E-state index contributed by atoms with van der Waals surface area (Å²) in [6.45, 7) is 2.31. The highest BCUT2D eigenvalue weighted by molar-refractivity contribution is 5.94. The van der Waals surface area contributed by atoms with Crippen LogP contribution >= 0.6 is 0 Å². The van der Waals surface area contributed by atoms with E-state index in [4.69, 9.17) is 14.3 Å². The molecule has 0 unspecified atom stereocenters. The summed E-state index contributed by atoms with van der Waals surface area (Å²) < 4.78 is 25.7. The summed E-state index contributed by atoms with van der Waals surface area (Å²) in [4.78, 5) is 28.1. The number of halogens is 1. The number of carbonyl (C=O) groups is 2. The number of aromatic nitrogens is 1. The Morgan fingerprint density at radius 3 is 2.51 bits per heavy atom. The minimum absolute atomic E-state index is 0.0519. The third kappa shape index (κ3) is 6.82. The molecular weight excluding hydrogens is 475 g/mol. The summed E-state index contributed by atoms with van der Waals surface area (Å²) in [6, 6.07) is 20.7. The Bertz CT molecular complexity index is 1380. The molecule has 0 saturated carbocycles. The normalized spacial score (nSPS) is 10.8. The zero-order valence-electron chi connectivity index (χ0n) is 20.4. The molecule has 0 radical (unpaired) electrons. The number of benzene rings is 3. The molecule has 4 aromatic rings. The summed E-state index contributed by atoms with van der Waals surface area (Å²) in [7, 11) is 0. The minimum atomic E-state index is -0.917. The minimum Gasteiger partial charge on any atom is -0.493 e. The second-order valence-corrected chi connectivity index (χ2v) is 8.47. The number of aryl methyl sites for hydroxylation is 2. The number of carboxylic acids is 1. The van der Waals surface area contributed by atoms with Gasteiger partial charge in [0.1, 0.15) is 17.3 Å². The predicted molar refractivity (Wildman–Crippen MR) is 136 cm³/mol. The molecule has 8 heteroatoms. The molecule has 0 aliphatic carbocycles. The summed E-state index contributed by atoms with van der Waals surface area (Å²) in [6.07, 6.45) is 0.771. The molecule has 2 N–H and O–H groups in total. The molecule has 0 bridgehead atoms. The van der Waals surface area contributed by atoms with Crippen LogP contribution in [-0.2, 0) is 24.2 Å². The number of hydrogen-bond acceptors (Lipinski definition) is 5. The van der Waals surface area contributed by atoms with Gasteiger partial charge in [0.05, 0.1) is 17.9 Å². The fourth-order valence-corrected chi connectivity index (χ4v) is 3.89. The van der Waals surface area contributed by atoms with Crippen LogP contribution in [0.15, 0.2) is 77.2 Å². The van der Waals surface area contributed by atoms with E-state index in [1.807, 2.05) is 37.3 Å². The number of rotatable bonds is 11. The van der Waals surface area contributed by atoms with Gasteiger partial charge in [-0.15, -0.1) is 0 Å². The largest absolute Gasteiger partial charge is 0.493 e. The van der Waals surface area contributed by atoms with E-state index in [0.717, 1.165) is 22.6 Å². The van der Waals surface area contributed by atoms with Crippen LogP contribution in [0, 0.1) is 12.7 Å². The molecule has 1 heterocycles. The molecule has 1 aromatic heterocycles. The van der Waals surface area contributed by atoms with Crippen LogP contribution in [0.4, 0.5) is 4.39 Å². The van der Waals surface area contributed by atoms with Gasteiger partial charge >= 0.3 is 5.97 Å². The Kier molecular flexibility index (Phi) is 8.30. The van der Waals surface area contributed by atoms with Gasteiger partial charge in [0.15, 0.2) is 0 Å². The van der Waals surface area contributed by atoms with Crippen molar-refractivity contribution in [3.05, 3.63) is 107 Å². The highest BCUT2D eigenvalue weighted by atomic mass is 19.1. The molecule has 0 spiro atoms. The maximum atomic E-state index is 14.0. The van der Waals surface area contributed by atoms with Crippen molar-refractivity contribution in [2.45, 2.75) is 32.7 Å². The molecule has 4 rings (SSSR count). The maximum absolute atomic E-state index is 14.0. The number of aliphatic carboxylic acids is 1. The van der Waals surface area contributed by atoms with Crippen LogP contribution < -0.4 is 10.1 Å². The Hall–Kier alpha value is -4.46. The number of carboxylic acid groups (broad SMARTS) is 1. The van der Waals surface area contributed by atoms with Crippen LogP contribution in [0.2, 0.25) is 0 Å². The number of nitrogens with zero attached hydrogens (tertiary/aromatic N) is 1. The fraction of sp³-hybridized carbons (Fsp3) is 0.207. The highest BCUT2D eigenvalue weighted by Gasteiger charge is 2.14. The van der Waals surface area contributed by atoms with Crippen molar-refractivity contribution < 1.29 is 28.2 Å². The van der Waals surface area contributed by atoms with Crippen LogP contribution in [0.5, 0.6) is 5.75 Å². The first-order valence-corrected chi connectivity index (χ1v) is 11.9. The van der Waals surface area contributed by atoms with Crippen molar-refractivity contribution in [1.82, 2.24) is 10.3 Å². The van der Waals surface area contributed by atoms with Gasteiger partial charge < -0.3 is 19.6 Å². The first kappa shape index (κ1) is 25.6. The van der Waals surface area contributed by atoms with Crippen molar-refractivity contribution >= 4 is 11.9 Å². The van der Waals surface area contributed by atoms with Crippen LogP contribution in [0.25, 0.3) is 11.5 Å². The van der Waals surface area contributed by atoms with E-state index in [1.165, 1.54) is 18.2 Å². The first-order valence-electron chi connectivity index (χ1n) is 11.9. The SMILES string of the molecule is Cc1oc(-c2ccccc2)nc1CCOc1ccc(CCC(=O)O)c(CNC(=O)c2ccccc2F)c1. The van der Waals surface area contributed by atoms with E-state index in [1.54, 1.807) is 24.3 Å². The lowest BCUT2D eigenvalue weighted by molar-refractivity contribution is -0.136. The van der Waals surface area contributed by atoms with E-state index in [-0.39, 0.29) is 18.5 Å². The molecule has 3 aromatic carbocycles. The number of hydrogen-bond donors (Lipinski definition) is 2. The van der Waals surface area contributed by atoms with Gasteiger partial charge in [-0.1, -0.05) is 36.4 Å². The van der Waals surface area contributed by atoms with Crippen molar-refractivity contribution in [2.75, 3.05) is 6.61 Å². The number of carbonyl (C=O) groups excluding carboxylic acids is 1. The van der Waals surface area contributed by atoms with Crippen LogP contribution in [0.3, 0.4) is 0 Å². The summed E-state index contributed by atoms with van der Waals surface area (Å²) >= 11 is 0. The van der Waals surface area contributed by atoms with Gasteiger partial charge in [0.25, 0.3) is 5.91 Å². The Morgan fingerprint density at radius 1 is 1.00 bits per heavy atom. The fourth-order valence-electron chi connectivity index (χ4n) is 3.89. The summed E-state index contributed by atoms with van der Waals surface area (Å²) in [5.74, 6) is -0.226. The lowest BCUT2D eigenvalue weighted by Gasteiger charge is -2.13. The van der Waals surface area contributed by atoms with E-state index in [0.29, 0.717) is 36.7 Å². The van der Waals surface area contributed by atoms with Gasteiger partial charge in [0.2, 0.25) is 5.89 Å². The van der Waals surface area contributed by atoms with Crippen LogP contribution in [-0.4, -0.2) is 28.6 Å². The monoisotopic (exact) mass is 502 g/mol. The van der Waals surface area contributed by atoms with Gasteiger partial charge in [-0.2, -0.15) is 0 Å². The van der Waals surface area contributed by atoms with Gasteiger partial charge in [-0.3, -0.25) is 9.59 Å². The van der Waals surface area contributed by atoms with Crippen molar-refractivity contribution in [1.29, 1.82) is 0 Å². The third-order valence-electron chi connectivity index (χ3n) is 5.86. The number of ether oxygens (including phenoxy) is 1. The van der Waals surface area contributed by atoms with E-state index in [2.05, 4.69) is 10.3 Å². The maximum Gasteiger partial charge on any atom is 0.303 e.